The lowest BCUT2D eigenvalue weighted by molar-refractivity contribution is -0.0796. The molecule has 0 aromatic carbocycles. The predicted octanol–water partition coefficient (Wildman–Crippen LogP) is 0.146. The van der Waals surface area contributed by atoms with E-state index < -0.39 is 48.6 Å². The van der Waals surface area contributed by atoms with Crippen LogP contribution in [0.5, 0.6) is 0 Å². The van der Waals surface area contributed by atoms with Gasteiger partial charge in [-0.15, -0.1) is 0 Å². The number of aromatic nitrogens is 2. The zero-order valence-corrected chi connectivity index (χ0v) is 16.6. The van der Waals surface area contributed by atoms with Crippen LogP contribution in [0.15, 0.2) is 15.8 Å². The van der Waals surface area contributed by atoms with Crippen molar-refractivity contribution in [3.8, 4) is 0 Å². The Morgan fingerprint density at radius 1 is 1.38 bits per heavy atom. The lowest BCUT2D eigenvalue weighted by Gasteiger charge is -2.25. The number of nitrogens with zero attached hydrogens (tertiary/aromatic N) is 1. The van der Waals surface area contributed by atoms with E-state index in [1.54, 1.807) is 27.2 Å². The number of aliphatic hydroxyl groups excluding tert-OH is 1. The second-order valence-corrected chi connectivity index (χ2v) is 10.6. The Morgan fingerprint density at radius 2 is 2.04 bits per heavy atom. The molecule has 1 fully saturated rings. The Bertz CT molecular complexity index is 784. The van der Waals surface area contributed by atoms with E-state index in [-0.39, 0.29) is 6.61 Å². The molecule has 10 heteroatoms. The van der Waals surface area contributed by atoms with Gasteiger partial charge >= 0.3 is 5.69 Å². The molecule has 2 N–H and O–H groups in total. The van der Waals surface area contributed by atoms with Crippen LogP contribution in [-0.4, -0.2) is 72.3 Å². The molecule has 0 amide bonds. The molecule has 1 saturated heterocycles. The van der Waals surface area contributed by atoms with Crippen LogP contribution < -0.4 is 11.2 Å². The Morgan fingerprint density at radius 3 is 2.62 bits per heavy atom. The third kappa shape index (κ3) is 4.35. The van der Waals surface area contributed by atoms with E-state index in [0.717, 1.165) is 0 Å². The maximum absolute atomic E-state index is 12.5. The van der Waals surface area contributed by atoms with Gasteiger partial charge in [-0.2, -0.15) is 0 Å². The van der Waals surface area contributed by atoms with Crippen molar-refractivity contribution in [3.05, 3.63) is 32.6 Å². The summed E-state index contributed by atoms with van der Waals surface area (Å²) in [5.74, 6) is 0. The van der Waals surface area contributed by atoms with Gasteiger partial charge in [0.1, 0.15) is 12.2 Å². The van der Waals surface area contributed by atoms with Crippen molar-refractivity contribution in [3.63, 3.8) is 0 Å². The summed E-state index contributed by atoms with van der Waals surface area (Å²) in [6, 6.07) is 0. The highest BCUT2D eigenvalue weighted by molar-refractivity contribution is 7.63. The second-order valence-electron chi connectivity index (χ2n) is 6.96. The van der Waals surface area contributed by atoms with Gasteiger partial charge in [-0.3, -0.25) is 14.3 Å². The zero-order chi connectivity index (χ0) is 19.6. The lowest BCUT2D eigenvalue weighted by Crippen LogP contribution is -2.41. The third-order valence-corrected chi connectivity index (χ3v) is 6.98. The van der Waals surface area contributed by atoms with Crippen LogP contribution in [0, 0.1) is 6.92 Å². The first kappa shape index (κ1) is 21.1. The quantitative estimate of drug-likeness (QED) is 0.502. The van der Waals surface area contributed by atoms with E-state index in [1.807, 2.05) is 0 Å². The molecule has 0 saturated carbocycles. The molecule has 0 bridgehead atoms. The topological polar surface area (TPSA) is 120 Å². The largest absolute Gasteiger partial charge is 0.387 e. The molecule has 1 unspecified atom stereocenters. The zero-order valence-electron chi connectivity index (χ0n) is 15.7. The summed E-state index contributed by atoms with van der Waals surface area (Å²) in [7, 11) is -1.04. The first-order valence-corrected chi connectivity index (χ1v) is 11.1. The smallest absolute Gasteiger partial charge is 0.330 e. The summed E-state index contributed by atoms with van der Waals surface area (Å²) >= 11 is 0. The van der Waals surface area contributed by atoms with E-state index >= 15 is 0 Å². The first-order chi connectivity index (χ1) is 12.1. The molecule has 148 valence electrons. The first-order valence-electron chi connectivity index (χ1n) is 8.38. The van der Waals surface area contributed by atoms with Crippen molar-refractivity contribution < 1.29 is 23.9 Å². The highest BCUT2D eigenvalue weighted by Gasteiger charge is 2.50. The summed E-state index contributed by atoms with van der Waals surface area (Å²) in [6.45, 7) is 7.04. The Kier molecular flexibility index (Phi) is 6.63. The molecule has 1 aromatic heterocycles. The Balaban J connectivity index is 2.40. The van der Waals surface area contributed by atoms with Gasteiger partial charge in [0.05, 0.1) is 26.5 Å². The highest BCUT2D eigenvalue weighted by Crippen LogP contribution is 2.48. The minimum absolute atomic E-state index is 0.187. The van der Waals surface area contributed by atoms with Gasteiger partial charge < -0.3 is 23.9 Å². The van der Waals surface area contributed by atoms with Crippen molar-refractivity contribution in [1.82, 2.24) is 9.55 Å². The van der Waals surface area contributed by atoms with Crippen LogP contribution in [0.2, 0.25) is 0 Å². The number of hydrogen-bond donors (Lipinski definition) is 2. The van der Waals surface area contributed by atoms with Gasteiger partial charge in [-0.25, -0.2) is 4.79 Å². The minimum atomic E-state index is -2.56. The maximum Gasteiger partial charge on any atom is 0.330 e. The highest BCUT2D eigenvalue weighted by atomic mass is 31.2. The lowest BCUT2D eigenvalue weighted by atomic mass is 10.1. The maximum atomic E-state index is 12.5. The number of aryl methyl sites for hydroxylation is 1. The van der Waals surface area contributed by atoms with E-state index in [4.69, 9.17) is 14.2 Å². The van der Waals surface area contributed by atoms with E-state index in [2.05, 4.69) is 4.98 Å². The summed E-state index contributed by atoms with van der Waals surface area (Å²) in [4.78, 5) is 26.1. The molecule has 5 atom stereocenters. The average molecular weight is 390 g/mol. The van der Waals surface area contributed by atoms with Crippen LogP contribution in [0.4, 0.5) is 0 Å². The number of ether oxygens (including phenoxy) is 3. The van der Waals surface area contributed by atoms with E-state index in [0.29, 0.717) is 12.2 Å². The van der Waals surface area contributed by atoms with Crippen molar-refractivity contribution in [2.75, 3.05) is 33.7 Å². The molecule has 0 radical (unpaired) electrons. The van der Waals surface area contributed by atoms with Crippen LogP contribution in [0.3, 0.4) is 0 Å². The fourth-order valence-corrected chi connectivity index (χ4v) is 3.83. The third-order valence-electron chi connectivity index (χ3n) is 4.72. The van der Waals surface area contributed by atoms with Crippen molar-refractivity contribution in [1.29, 1.82) is 0 Å². The molecule has 0 aliphatic carbocycles. The van der Waals surface area contributed by atoms with Crippen LogP contribution in [0.25, 0.3) is 0 Å². The van der Waals surface area contributed by atoms with Gasteiger partial charge in [0.15, 0.2) is 6.23 Å². The molecule has 0 spiro atoms. The number of H-pyrrole nitrogens is 1. The number of methoxy groups -OCH3 is 1. The fraction of sp³-hybridized carbons (Fsp3) is 0.750. The molecule has 1 aromatic rings. The molecule has 1 aliphatic heterocycles. The number of aromatic amines is 1. The van der Waals surface area contributed by atoms with Crippen molar-refractivity contribution in [2.24, 2.45) is 0 Å². The number of aliphatic hydroxyl groups is 1. The van der Waals surface area contributed by atoms with Gasteiger partial charge in [-0.1, -0.05) is 6.92 Å². The second kappa shape index (κ2) is 8.19. The van der Waals surface area contributed by atoms with Gasteiger partial charge in [0.2, 0.25) is 0 Å². The molecule has 2 rings (SSSR count). The molecular formula is C16H27N2O7P. The Labute approximate surface area is 151 Å². The van der Waals surface area contributed by atoms with Crippen molar-refractivity contribution >= 4 is 7.14 Å². The molecular weight excluding hydrogens is 363 g/mol. The van der Waals surface area contributed by atoms with Crippen LogP contribution in [0.1, 0.15) is 18.7 Å². The number of hydrogen-bond acceptors (Lipinski definition) is 7. The number of nitrogens with one attached hydrogen (secondary N) is 1. The predicted molar refractivity (Wildman–Crippen MR) is 96.5 cm³/mol. The summed E-state index contributed by atoms with van der Waals surface area (Å²) in [5.41, 5.74) is -1.26. The van der Waals surface area contributed by atoms with Gasteiger partial charge in [0.25, 0.3) is 5.56 Å². The standard InChI is InChI=1S/C16H27N2O7P/c1-9-8-18(16(21)17-14(9)20)15-13(24-7-6-23-3)11(19)12(25-15)10(2)26(4,5)22/h8,10-13,15,19H,6-7H2,1-5H3,(H,17,20,21)/t10?,11-,12-,13-,15-/m1/s1. The number of rotatable bonds is 7. The van der Waals surface area contributed by atoms with Gasteiger partial charge in [0, 0.05) is 24.5 Å². The molecule has 26 heavy (non-hydrogen) atoms. The van der Waals surface area contributed by atoms with Crippen molar-refractivity contribution in [2.45, 2.75) is 44.0 Å². The molecule has 1 aliphatic rings. The monoisotopic (exact) mass is 390 g/mol. The normalized spacial score (nSPS) is 27.6. The Hall–Kier alpha value is -1.25. The summed E-state index contributed by atoms with van der Waals surface area (Å²) in [6.07, 6.45) is -2.31. The minimum Gasteiger partial charge on any atom is -0.387 e. The average Bonchev–Trinajstić information content (AvgIpc) is 2.86. The summed E-state index contributed by atoms with van der Waals surface area (Å²) in [5, 5.41) is 10.7. The van der Waals surface area contributed by atoms with Crippen LogP contribution in [-0.2, 0) is 18.8 Å². The fourth-order valence-electron chi connectivity index (χ4n) is 2.87. The van der Waals surface area contributed by atoms with Crippen LogP contribution >= 0.6 is 7.14 Å². The SMILES string of the molecule is COCCO[C@@H]1[C@H](O)[C@@H](C(C)P(C)(C)=O)O[C@H]1n1cc(C)c(=O)[nH]c1=O. The summed E-state index contributed by atoms with van der Waals surface area (Å²) < 4.78 is 30.2. The molecule has 2 heterocycles. The van der Waals surface area contributed by atoms with E-state index in [9.17, 15) is 19.3 Å². The van der Waals surface area contributed by atoms with E-state index in [1.165, 1.54) is 17.9 Å². The van der Waals surface area contributed by atoms with Gasteiger partial charge in [-0.05, 0) is 20.3 Å². The molecule has 9 nitrogen and oxygen atoms in total.